The Hall–Kier alpha value is -3.30. The number of rotatable bonds is 1. The van der Waals surface area contributed by atoms with Crippen molar-refractivity contribution in [3.63, 3.8) is 0 Å². The number of aliphatic imine (C=N–C) groups is 1. The lowest BCUT2D eigenvalue weighted by atomic mass is 9.98. The minimum Gasteiger partial charge on any atom is -0.365 e. The van der Waals surface area contributed by atoms with Crippen molar-refractivity contribution in [3.05, 3.63) is 82.7 Å². The van der Waals surface area contributed by atoms with Gasteiger partial charge in [0.15, 0.2) is 5.82 Å². The van der Waals surface area contributed by atoms with Crippen LogP contribution in [-0.2, 0) is 0 Å². The molecule has 2 heterocycles. The number of aromatic nitrogens is 2. The second-order valence-electron chi connectivity index (χ2n) is 5.77. The molecule has 0 spiro atoms. The number of hydrogen-bond donors (Lipinski definition) is 1. The van der Waals surface area contributed by atoms with Crippen molar-refractivity contribution >= 4 is 5.71 Å². The van der Waals surface area contributed by atoms with Crippen LogP contribution in [0.3, 0.4) is 0 Å². The maximum Gasteiger partial charge on any atom is 0.205 e. The molecule has 1 aromatic heterocycles. The van der Waals surface area contributed by atoms with Crippen LogP contribution >= 0.6 is 0 Å². The SMILES string of the molecule is Cc1cnc2n1-c1ccc(C#N)cc1C(c1ccccc1F)=NC2O. The summed E-state index contributed by atoms with van der Waals surface area (Å²) in [4.78, 5) is 8.55. The van der Waals surface area contributed by atoms with Gasteiger partial charge in [0.1, 0.15) is 5.82 Å². The predicted molar refractivity (Wildman–Crippen MR) is 90.0 cm³/mol. The Balaban J connectivity index is 2.08. The Morgan fingerprint density at radius 2 is 2.00 bits per heavy atom. The topological polar surface area (TPSA) is 74.2 Å². The molecule has 2 aromatic carbocycles. The van der Waals surface area contributed by atoms with E-state index >= 15 is 0 Å². The first-order chi connectivity index (χ1) is 12.1. The van der Waals surface area contributed by atoms with Gasteiger partial charge in [0.05, 0.1) is 23.0 Å². The molecule has 6 heteroatoms. The lowest BCUT2D eigenvalue weighted by Gasteiger charge is -2.13. The highest BCUT2D eigenvalue weighted by atomic mass is 19.1. The lowest BCUT2D eigenvalue weighted by Crippen LogP contribution is -2.10. The van der Waals surface area contributed by atoms with E-state index < -0.39 is 12.0 Å². The Morgan fingerprint density at radius 1 is 1.20 bits per heavy atom. The fourth-order valence-corrected chi connectivity index (χ4v) is 3.06. The number of fused-ring (bicyclic) bond motifs is 3. The monoisotopic (exact) mass is 332 g/mol. The number of benzene rings is 2. The van der Waals surface area contributed by atoms with Crippen LogP contribution in [0.2, 0.25) is 0 Å². The van der Waals surface area contributed by atoms with Gasteiger partial charge in [0.25, 0.3) is 0 Å². The van der Waals surface area contributed by atoms with Gasteiger partial charge < -0.3 is 5.11 Å². The van der Waals surface area contributed by atoms with E-state index in [-0.39, 0.29) is 5.56 Å². The molecule has 4 rings (SSSR count). The molecule has 1 aliphatic rings. The largest absolute Gasteiger partial charge is 0.365 e. The smallest absolute Gasteiger partial charge is 0.205 e. The molecule has 0 aliphatic carbocycles. The molecule has 122 valence electrons. The average Bonchev–Trinajstić information content (AvgIpc) is 2.95. The first kappa shape index (κ1) is 15.2. The molecule has 0 saturated carbocycles. The van der Waals surface area contributed by atoms with Gasteiger partial charge in [-0.1, -0.05) is 12.1 Å². The summed E-state index contributed by atoms with van der Waals surface area (Å²) in [6.45, 7) is 1.86. The maximum absolute atomic E-state index is 14.4. The predicted octanol–water partition coefficient (Wildman–Crippen LogP) is 3.03. The van der Waals surface area contributed by atoms with Crippen molar-refractivity contribution in [1.29, 1.82) is 5.26 Å². The normalized spacial score (nSPS) is 15.6. The zero-order valence-electron chi connectivity index (χ0n) is 13.3. The van der Waals surface area contributed by atoms with E-state index in [1.54, 1.807) is 47.2 Å². The Morgan fingerprint density at radius 3 is 2.76 bits per heavy atom. The van der Waals surface area contributed by atoms with Gasteiger partial charge in [-0.15, -0.1) is 0 Å². The standard InChI is InChI=1S/C19H13FN4O/c1-11-10-22-18-19(25)23-17(13-4-2-3-5-15(13)20)14-8-12(9-21)6-7-16(14)24(11)18/h2-8,10,19,25H,1H3. The highest BCUT2D eigenvalue weighted by molar-refractivity contribution is 6.15. The molecule has 0 bridgehead atoms. The van der Waals surface area contributed by atoms with E-state index in [4.69, 9.17) is 0 Å². The highest BCUT2D eigenvalue weighted by Crippen LogP contribution is 2.31. The number of hydrogen-bond acceptors (Lipinski definition) is 4. The van der Waals surface area contributed by atoms with E-state index in [0.29, 0.717) is 28.4 Å². The number of nitrogens with zero attached hydrogens (tertiary/aromatic N) is 4. The van der Waals surface area contributed by atoms with E-state index in [1.165, 1.54) is 6.07 Å². The van der Waals surface area contributed by atoms with Crippen molar-refractivity contribution in [2.45, 2.75) is 13.2 Å². The Labute approximate surface area is 143 Å². The highest BCUT2D eigenvalue weighted by Gasteiger charge is 2.27. The van der Waals surface area contributed by atoms with Crippen LogP contribution in [0.15, 0.2) is 53.7 Å². The van der Waals surface area contributed by atoms with Gasteiger partial charge in [-0.2, -0.15) is 5.26 Å². The number of halogens is 1. The summed E-state index contributed by atoms with van der Waals surface area (Å²) in [7, 11) is 0. The lowest BCUT2D eigenvalue weighted by molar-refractivity contribution is 0.177. The number of aliphatic hydroxyl groups excluding tert-OH is 1. The molecule has 3 aromatic rings. The zero-order valence-corrected chi connectivity index (χ0v) is 13.3. The quantitative estimate of drug-likeness (QED) is 0.744. The summed E-state index contributed by atoms with van der Waals surface area (Å²) in [6, 6.07) is 13.4. The average molecular weight is 332 g/mol. The van der Waals surface area contributed by atoms with Gasteiger partial charge in [-0.05, 0) is 37.3 Å². The van der Waals surface area contributed by atoms with Crippen LogP contribution in [0, 0.1) is 24.1 Å². The number of imidazole rings is 1. The number of aliphatic hydroxyl groups is 1. The van der Waals surface area contributed by atoms with E-state index in [0.717, 1.165) is 5.69 Å². The van der Waals surface area contributed by atoms with E-state index in [2.05, 4.69) is 16.0 Å². The van der Waals surface area contributed by atoms with Crippen LogP contribution in [-0.4, -0.2) is 20.4 Å². The first-order valence-electron chi connectivity index (χ1n) is 7.70. The summed E-state index contributed by atoms with van der Waals surface area (Å²) in [5.74, 6) is -0.0900. The summed E-state index contributed by atoms with van der Waals surface area (Å²) < 4.78 is 16.2. The van der Waals surface area contributed by atoms with Crippen molar-refractivity contribution in [3.8, 4) is 11.8 Å². The minimum absolute atomic E-state index is 0.265. The fraction of sp³-hybridized carbons (Fsp3) is 0.105. The second kappa shape index (κ2) is 5.65. The summed E-state index contributed by atoms with van der Waals surface area (Å²) in [5, 5.41) is 19.8. The third-order valence-corrected chi connectivity index (χ3v) is 4.20. The van der Waals surface area contributed by atoms with E-state index in [9.17, 15) is 14.8 Å². The third kappa shape index (κ3) is 2.33. The molecule has 0 fully saturated rings. The van der Waals surface area contributed by atoms with Crippen LogP contribution in [0.1, 0.15) is 34.4 Å². The molecule has 0 amide bonds. The van der Waals surface area contributed by atoms with Gasteiger partial charge in [0, 0.05) is 23.0 Å². The summed E-state index contributed by atoms with van der Waals surface area (Å²) in [6.07, 6.45) is 0.408. The number of nitriles is 1. The molecule has 5 nitrogen and oxygen atoms in total. The van der Waals surface area contributed by atoms with E-state index in [1.807, 2.05) is 6.92 Å². The first-order valence-corrected chi connectivity index (χ1v) is 7.70. The molecular formula is C19H13FN4O. The van der Waals surface area contributed by atoms with Crippen LogP contribution in [0.5, 0.6) is 0 Å². The Bertz CT molecular complexity index is 1060. The molecule has 0 radical (unpaired) electrons. The molecule has 1 unspecified atom stereocenters. The van der Waals surface area contributed by atoms with Gasteiger partial charge in [-0.25, -0.2) is 14.4 Å². The summed E-state index contributed by atoms with van der Waals surface area (Å²) in [5.41, 5.74) is 3.07. The second-order valence-corrected chi connectivity index (χ2v) is 5.77. The van der Waals surface area contributed by atoms with Crippen LogP contribution < -0.4 is 0 Å². The molecular weight excluding hydrogens is 319 g/mol. The Kier molecular flexibility index (Phi) is 3.45. The van der Waals surface area contributed by atoms with Crippen LogP contribution in [0.4, 0.5) is 4.39 Å². The molecule has 1 aliphatic heterocycles. The molecule has 1 N–H and O–H groups in total. The van der Waals surface area contributed by atoms with Crippen LogP contribution in [0.25, 0.3) is 5.69 Å². The summed E-state index contributed by atoms with van der Waals surface area (Å²) >= 11 is 0. The zero-order chi connectivity index (χ0) is 17.6. The maximum atomic E-state index is 14.4. The van der Waals surface area contributed by atoms with Crippen molar-refractivity contribution in [2.24, 2.45) is 4.99 Å². The fourth-order valence-electron chi connectivity index (χ4n) is 3.06. The van der Waals surface area contributed by atoms with Gasteiger partial charge >= 0.3 is 0 Å². The van der Waals surface area contributed by atoms with Crippen molar-refractivity contribution in [1.82, 2.24) is 9.55 Å². The van der Waals surface area contributed by atoms with Gasteiger partial charge in [-0.3, -0.25) is 4.57 Å². The van der Waals surface area contributed by atoms with Crippen molar-refractivity contribution in [2.75, 3.05) is 0 Å². The van der Waals surface area contributed by atoms with Gasteiger partial charge in [0.2, 0.25) is 6.23 Å². The molecule has 0 saturated heterocycles. The van der Waals surface area contributed by atoms with Crippen molar-refractivity contribution < 1.29 is 9.50 Å². The molecule has 1 atom stereocenters. The number of aryl methyl sites for hydroxylation is 1. The minimum atomic E-state index is -1.23. The molecule has 25 heavy (non-hydrogen) atoms. The third-order valence-electron chi connectivity index (χ3n) is 4.20.